The molecule has 0 aliphatic carbocycles. The van der Waals surface area contributed by atoms with Gasteiger partial charge in [-0.1, -0.05) is 79.6 Å². The molecule has 0 saturated carbocycles. The zero-order valence-corrected chi connectivity index (χ0v) is 21.2. The fourth-order valence-electron chi connectivity index (χ4n) is 3.86. The van der Waals surface area contributed by atoms with E-state index in [-0.39, 0.29) is 4.90 Å². The minimum Gasteiger partial charge on any atom is -0.203 e. The van der Waals surface area contributed by atoms with Gasteiger partial charge in [0, 0.05) is 14.7 Å². The highest BCUT2D eigenvalue weighted by Gasteiger charge is 2.38. The fourth-order valence-corrected chi connectivity index (χ4v) is 9.08. The maximum absolute atomic E-state index is 13.7. The lowest BCUT2D eigenvalue weighted by molar-refractivity contribution is 0.508. The van der Waals surface area contributed by atoms with Crippen molar-refractivity contribution >= 4 is 20.4 Å². The molecular weight excluding hydrogens is 460 g/mol. The summed E-state index contributed by atoms with van der Waals surface area (Å²) in [6.07, 6.45) is 3.24. The molecule has 0 unspecified atom stereocenters. The van der Waals surface area contributed by atoms with Crippen LogP contribution in [0.4, 0.5) is 0 Å². The van der Waals surface area contributed by atoms with Gasteiger partial charge in [-0.3, -0.25) is 0 Å². The van der Waals surface area contributed by atoms with Gasteiger partial charge in [-0.05, 0) is 84.2 Å². The third-order valence-electron chi connectivity index (χ3n) is 5.73. The molecule has 0 aromatic heterocycles. The summed E-state index contributed by atoms with van der Waals surface area (Å²) in [5.41, 5.74) is 2.23. The zero-order valence-electron chi connectivity index (χ0n) is 19.6. The van der Waals surface area contributed by atoms with E-state index in [0.717, 1.165) is 39.5 Å². The predicted molar refractivity (Wildman–Crippen MR) is 140 cm³/mol. The summed E-state index contributed by atoms with van der Waals surface area (Å²) in [6, 6.07) is 34.5. The Morgan fingerprint density at radius 3 is 1.59 bits per heavy atom. The van der Waals surface area contributed by atoms with Crippen LogP contribution in [0.1, 0.15) is 30.9 Å². The molecule has 4 aromatic carbocycles. The quantitative estimate of drug-likeness (QED) is 0.239. The van der Waals surface area contributed by atoms with Gasteiger partial charge in [0.05, 0.1) is 4.90 Å². The summed E-state index contributed by atoms with van der Waals surface area (Å²) in [5, 5.41) is 0. The molecule has 0 amide bonds. The molecule has 0 fully saturated rings. The van der Waals surface area contributed by atoms with Crippen LogP contribution in [-0.4, -0.2) is 8.42 Å². The lowest BCUT2D eigenvalue weighted by Gasteiger charge is -2.39. The van der Waals surface area contributed by atoms with Crippen molar-refractivity contribution in [3.8, 4) is 0 Å². The van der Waals surface area contributed by atoms with Crippen molar-refractivity contribution in [1.29, 1.82) is 0 Å². The smallest absolute Gasteiger partial charge is 0.203 e. The number of hydrogen-bond donors (Lipinski definition) is 0. The van der Waals surface area contributed by atoms with Crippen LogP contribution in [0.3, 0.4) is 0 Å². The first-order valence-electron chi connectivity index (χ1n) is 11.5. The summed E-state index contributed by atoms with van der Waals surface area (Å²) in [6.45, 7) is 4.11. The molecular formula is C29H30O3S2. The van der Waals surface area contributed by atoms with Crippen molar-refractivity contribution in [2.24, 2.45) is 0 Å². The maximum atomic E-state index is 13.7. The molecule has 0 aliphatic heterocycles. The van der Waals surface area contributed by atoms with E-state index in [1.165, 1.54) is 5.56 Å². The van der Waals surface area contributed by atoms with Crippen LogP contribution in [0.2, 0.25) is 0 Å². The molecule has 0 bridgehead atoms. The van der Waals surface area contributed by atoms with E-state index in [1.807, 2.05) is 79.7 Å². The van der Waals surface area contributed by atoms with E-state index in [4.69, 9.17) is 3.63 Å². The van der Waals surface area contributed by atoms with Gasteiger partial charge in [0.15, 0.2) is 0 Å². The van der Waals surface area contributed by atoms with Crippen LogP contribution in [0.25, 0.3) is 0 Å². The molecule has 3 nitrogen and oxygen atoms in total. The molecule has 5 heteroatoms. The Bertz CT molecular complexity index is 1260. The summed E-state index contributed by atoms with van der Waals surface area (Å²) < 4.78 is 33.8. The number of aryl methyl sites for hydroxylation is 2. The molecule has 0 heterocycles. The van der Waals surface area contributed by atoms with Gasteiger partial charge in [-0.15, -0.1) is 0 Å². The minimum absolute atomic E-state index is 0.154. The number of rotatable bonds is 9. The molecule has 176 valence electrons. The first-order valence-corrected chi connectivity index (χ1v) is 14.5. The highest BCUT2D eigenvalue weighted by molar-refractivity contribution is 8.33. The van der Waals surface area contributed by atoms with Crippen molar-refractivity contribution in [2.45, 2.75) is 52.7 Å². The maximum Gasteiger partial charge on any atom is 0.307 e. The summed E-state index contributed by atoms with van der Waals surface area (Å²) in [4.78, 5) is 2.67. The van der Waals surface area contributed by atoms with Crippen molar-refractivity contribution in [1.82, 2.24) is 0 Å². The number of hydrogen-bond acceptors (Lipinski definition) is 3. The van der Waals surface area contributed by atoms with Crippen LogP contribution in [0.5, 0.6) is 0 Å². The highest BCUT2D eigenvalue weighted by atomic mass is 32.3. The highest BCUT2D eigenvalue weighted by Crippen LogP contribution is 2.70. The predicted octanol–water partition coefficient (Wildman–Crippen LogP) is 7.94. The van der Waals surface area contributed by atoms with Crippen LogP contribution in [0, 0.1) is 6.92 Å². The van der Waals surface area contributed by atoms with Gasteiger partial charge < -0.3 is 0 Å². The van der Waals surface area contributed by atoms with Crippen LogP contribution < -0.4 is 0 Å². The van der Waals surface area contributed by atoms with E-state index in [9.17, 15) is 8.42 Å². The molecule has 4 rings (SSSR count). The van der Waals surface area contributed by atoms with Crippen LogP contribution >= 0.6 is 10.3 Å². The van der Waals surface area contributed by atoms with E-state index >= 15 is 0 Å². The van der Waals surface area contributed by atoms with Gasteiger partial charge in [0.1, 0.15) is 0 Å². The largest absolute Gasteiger partial charge is 0.307 e. The third-order valence-corrected chi connectivity index (χ3v) is 10.9. The molecule has 0 aliphatic rings. The van der Waals surface area contributed by atoms with Crippen molar-refractivity contribution in [2.75, 3.05) is 0 Å². The Hall–Kier alpha value is -2.86. The molecule has 0 radical (unpaired) electrons. The van der Waals surface area contributed by atoms with Crippen LogP contribution in [0.15, 0.2) is 129 Å². The number of unbranched alkanes of at least 4 members (excludes halogenated alkanes) is 1. The van der Waals surface area contributed by atoms with Gasteiger partial charge in [-0.2, -0.15) is 8.42 Å². The Morgan fingerprint density at radius 2 is 1.09 bits per heavy atom. The first-order chi connectivity index (χ1) is 16.5. The standard InChI is InChI=1S/C29H30O3S2/c1-3-4-11-25-18-22-28(23-19-25)33(26-12-7-5-8-13-26,27-14-9-6-10-15-27)32-34(30,31)29-20-16-24(2)17-21-29/h5-10,12-23H,3-4,11H2,1-2H3. The molecule has 34 heavy (non-hydrogen) atoms. The van der Waals surface area contributed by atoms with E-state index < -0.39 is 20.4 Å². The topological polar surface area (TPSA) is 43.4 Å². The summed E-state index contributed by atoms with van der Waals surface area (Å²) >= 11 is 0. The van der Waals surface area contributed by atoms with Crippen molar-refractivity contribution in [3.05, 3.63) is 120 Å². The Labute approximate surface area is 205 Å². The fraction of sp³-hybridized carbons (Fsp3) is 0.172. The second-order valence-electron chi connectivity index (χ2n) is 8.27. The Kier molecular flexibility index (Phi) is 7.57. The average molecular weight is 491 g/mol. The molecule has 0 N–H and O–H groups in total. The summed E-state index contributed by atoms with van der Waals surface area (Å²) in [5.74, 6) is 0. The lowest BCUT2D eigenvalue weighted by Crippen LogP contribution is -2.14. The van der Waals surface area contributed by atoms with Gasteiger partial charge >= 0.3 is 10.1 Å². The average Bonchev–Trinajstić information content (AvgIpc) is 2.88. The first kappa shape index (κ1) is 24.3. The van der Waals surface area contributed by atoms with Crippen LogP contribution in [-0.2, 0) is 20.2 Å². The van der Waals surface area contributed by atoms with Gasteiger partial charge in [0.25, 0.3) is 0 Å². The van der Waals surface area contributed by atoms with E-state index in [1.54, 1.807) is 24.3 Å². The second-order valence-corrected chi connectivity index (χ2v) is 12.7. The van der Waals surface area contributed by atoms with Crippen molar-refractivity contribution < 1.29 is 12.0 Å². The van der Waals surface area contributed by atoms with Gasteiger partial charge in [0.2, 0.25) is 0 Å². The minimum atomic E-state index is -4.07. The van der Waals surface area contributed by atoms with E-state index in [0.29, 0.717) is 0 Å². The number of benzene rings is 4. The van der Waals surface area contributed by atoms with E-state index in [2.05, 4.69) is 19.1 Å². The lowest BCUT2D eigenvalue weighted by atomic mass is 10.1. The third kappa shape index (κ3) is 5.12. The Morgan fingerprint density at radius 1 is 0.618 bits per heavy atom. The van der Waals surface area contributed by atoms with Gasteiger partial charge in [-0.25, -0.2) is 3.63 Å². The Balaban J connectivity index is 1.93. The normalized spacial score (nSPS) is 12.4. The molecule has 0 atom stereocenters. The molecule has 0 saturated heterocycles. The van der Waals surface area contributed by atoms with Crippen molar-refractivity contribution in [3.63, 3.8) is 0 Å². The zero-order chi connectivity index (χ0) is 24.0. The molecule has 0 spiro atoms. The monoisotopic (exact) mass is 490 g/mol. The SMILES string of the molecule is CCCCc1ccc(S(OS(=O)(=O)c2ccc(C)cc2)(c2ccccc2)c2ccccc2)cc1. The second kappa shape index (κ2) is 10.6. The summed E-state index contributed by atoms with van der Waals surface area (Å²) in [7, 11) is -6.64. The molecule has 4 aromatic rings.